The number of hydrogen-bond acceptors (Lipinski definition) is 3. The van der Waals surface area contributed by atoms with Crippen molar-refractivity contribution in [1.82, 2.24) is 5.32 Å². The number of amides is 1. The molecule has 1 aromatic carbocycles. The molecule has 0 aliphatic heterocycles. The Morgan fingerprint density at radius 2 is 1.33 bits per heavy atom. The first-order valence-electron chi connectivity index (χ1n) is 9.39. The average Bonchev–Trinajstić information content (AvgIpc) is 2.45. The highest BCUT2D eigenvalue weighted by atomic mass is 127. The van der Waals surface area contributed by atoms with Gasteiger partial charge in [0.15, 0.2) is 0 Å². The molecule has 0 radical (unpaired) electrons. The van der Waals surface area contributed by atoms with Crippen LogP contribution in [0.5, 0.6) is 11.5 Å². The summed E-state index contributed by atoms with van der Waals surface area (Å²) >= 11 is 2.30. The first-order chi connectivity index (χ1) is 12.0. The number of rotatable bonds is 7. The van der Waals surface area contributed by atoms with Crippen LogP contribution in [-0.2, 0) is 11.3 Å². The minimum atomic E-state index is -2.03. The van der Waals surface area contributed by atoms with Gasteiger partial charge < -0.3 is 14.2 Å². The van der Waals surface area contributed by atoms with Crippen molar-refractivity contribution >= 4 is 45.6 Å². The molecule has 1 amide bonds. The molecule has 0 fully saturated rings. The normalized spacial score (nSPS) is 13.3. The summed E-state index contributed by atoms with van der Waals surface area (Å²) in [7, 11) is -4.03. The molecule has 154 valence electrons. The van der Waals surface area contributed by atoms with E-state index in [1.54, 1.807) is 0 Å². The molecule has 0 saturated heterocycles. The third-order valence-corrected chi connectivity index (χ3v) is 15.5. The Bertz CT molecular complexity index is 677. The lowest BCUT2D eigenvalue weighted by Crippen LogP contribution is -2.45. The van der Waals surface area contributed by atoms with Gasteiger partial charge in [0.05, 0.1) is 0 Å². The number of halogens is 1. The Kier molecular flexibility index (Phi) is 7.66. The first-order valence-corrected chi connectivity index (χ1v) is 16.3. The first kappa shape index (κ1) is 24.5. The summed E-state index contributed by atoms with van der Waals surface area (Å²) in [6.45, 7) is 22.9. The molecule has 1 aromatic rings. The zero-order valence-corrected chi connectivity index (χ0v) is 22.7. The molecule has 0 spiro atoms. The third kappa shape index (κ3) is 6.22. The quantitative estimate of drug-likeness (QED) is 0.260. The number of carbonyl (C=O) groups is 1. The minimum Gasteiger partial charge on any atom is -0.541 e. The largest absolute Gasteiger partial charge is 0.541 e. The zero-order valence-electron chi connectivity index (χ0n) is 18.5. The maximum atomic E-state index is 10.7. The van der Waals surface area contributed by atoms with Crippen LogP contribution < -0.4 is 14.2 Å². The minimum absolute atomic E-state index is 0.0887. The van der Waals surface area contributed by atoms with Crippen LogP contribution in [0.4, 0.5) is 0 Å². The van der Waals surface area contributed by atoms with Gasteiger partial charge >= 0.3 is 0 Å². The van der Waals surface area contributed by atoms with Crippen molar-refractivity contribution in [3.63, 3.8) is 0 Å². The fraction of sp³-hybridized carbons (Fsp3) is 0.650. The Hall–Kier alpha value is -0.546. The number of hydrogen-bond donors (Lipinski definition) is 1. The van der Waals surface area contributed by atoms with Crippen LogP contribution in [0.15, 0.2) is 12.1 Å². The molecule has 1 rings (SSSR count). The second kappa shape index (κ2) is 8.45. The Morgan fingerprint density at radius 1 is 0.926 bits per heavy atom. The van der Waals surface area contributed by atoms with E-state index in [2.05, 4.69) is 102 Å². The molecule has 0 aliphatic rings. The zero-order chi connectivity index (χ0) is 21.3. The molecular weight excluding hydrogens is 485 g/mol. The van der Waals surface area contributed by atoms with Gasteiger partial charge in [-0.3, -0.25) is 4.79 Å². The van der Waals surface area contributed by atoms with Crippen molar-refractivity contribution < 1.29 is 13.6 Å². The van der Waals surface area contributed by atoms with Gasteiger partial charge in [-0.2, -0.15) is 0 Å². The molecule has 4 nitrogen and oxygen atoms in total. The van der Waals surface area contributed by atoms with Crippen molar-refractivity contribution in [3.8, 4) is 11.5 Å². The molecule has 0 bridgehead atoms. The van der Waals surface area contributed by atoms with Gasteiger partial charge in [-0.1, -0.05) is 41.5 Å². The molecule has 27 heavy (non-hydrogen) atoms. The molecule has 0 heterocycles. The van der Waals surface area contributed by atoms with Crippen LogP contribution in [0.2, 0.25) is 36.3 Å². The summed E-state index contributed by atoms with van der Waals surface area (Å²) < 4.78 is 14.4. The molecule has 7 heteroatoms. The highest BCUT2D eigenvalue weighted by molar-refractivity contribution is 14.1. The van der Waals surface area contributed by atoms with Crippen molar-refractivity contribution in [2.45, 2.75) is 84.4 Å². The van der Waals surface area contributed by atoms with Gasteiger partial charge in [0.1, 0.15) is 11.5 Å². The van der Waals surface area contributed by atoms with Crippen LogP contribution in [0, 0.1) is 3.57 Å². The lowest BCUT2D eigenvalue weighted by Gasteiger charge is -2.40. The maximum absolute atomic E-state index is 10.7. The fourth-order valence-corrected chi connectivity index (χ4v) is 4.54. The van der Waals surface area contributed by atoms with Gasteiger partial charge in [0, 0.05) is 10.1 Å². The highest BCUT2D eigenvalue weighted by Gasteiger charge is 2.42. The van der Waals surface area contributed by atoms with Crippen molar-refractivity contribution in [1.29, 1.82) is 0 Å². The van der Waals surface area contributed by atoms with Crippen molar-refractivity contribution in [3.05, 3.63) is 21.3 Å². The predicted octanol–water partition coefficient (Wildman–Crippen LogP) is 6.31. The molecule has 0 aliphatic carbocycles. The van der Waals surface area contributed by atoms with E-state index in [1.807, 2.05) is 6.07 Å². The third-order valence-electron chi connectivity index (χ3n) is 5.83. The fourth-order valence-electron chi connectivity index (χ4n) is 1.88. The summed E-state index contributed by atoms with van der Waals surface area (Å²) in [6, 6.07) is 4.10. The number of nitrogens with one attached hydrogen (secondary N) is 1. The summed E-state index contributed by atoms with van der Waals surface area (Å²) in [6.07, 6.45) is 0.727. The van der Waals surface area contributed by atoms with Crippen LogP contribution in [0.3, 0.4) is 0 Å². The smallest absolute Gasteiger partial charge is 0.250 e. The van der Waals surface area contributed by atoms with E-state index >= 15 is 0 Å². The van der Waals surface area contributed by atoms with Gasteiger partial charge in [-0.05, 0) is 76.6 Å². The van der Waals surface area contributed by atoms with E-state index in [0.717, 1.165) is 27.0 Å². The van der Waals surface area contributed by atoms with E-state index in [9.17, 15) is 4.79 Å². The van der Waals surface area contributed by atoms with E-state index in [1.165, 1.54) is 0 Å². The second-order valence-electron chi connectivity index (χ2n) is 10.1. The van der Waals surface area contributed by atoms with Gasteiger partial charge in [0.2, 0.25) is 6.41 Å². The Balaban J connectivity index is 3.43. The SMILES string of the molecule is CC(C)(C)[Si](C)(C)Oc1cc(I)c(CNC=O)cc1O[Si](C)(C)C(C)(C)C. The van der Waals surface area contributed by atoms with Crippen molar-refractivity contribution in [2.24, 2.45) is 0 Å². The molecule has 0 atom stereocenters. The summed E-state index contributed by atoms with van der Waals surface area (Å²) in [5.41, 5.74) is 1.04. The summed E-state index contributed by atoms with van der Waals surface area (Å²) in [5.74, 6) is 1.63. The lowest BCUT2D eigenvalue weighted by molar-refractivity contribution is -0.109. The molecular formula is C20H36INO3Si2. The van der Waals surface area contributed by atoms with Gasteiger partial charge in [-0.25, -0.2) is 0 Å². The summed E-state index contributed by atoms with van der Waals surface area (Å²) in [4.78, 5) is 10.7. The van der Waals surface area contributed by atoms with Crippen LogP contribution >= 0.6 is 22.6 Å². The predicted molar refractivity (Wildman–Crippen MR) is 128 cm³/mol. The Morgan fingerprint density at radius 3 is 1.70 bits per heavy atom. The molecule has 0 saturated carbocycles. The van der Waals surface area contributed by atoms with E-state index in [-0.39, 0.29) is 10.1 Å². The van der Waals surface area contributed by atoms with Crippen LogP contribution in [0.1, 0.15) is 47.1 Å². The molecule has 0 aromatic heterocycles. The lowest BCUT2D eigenvalue weighted by atomic mass is 10.2. The van der Waals surface area contributed by atoms with Gasteiger partial charge in [0.25, 0.3) is 16.6 Å². The van der Waals surface area contributed by atoms with Crippen LogP contribution in [0.25, 0.3) is 0 Å². The monoisotopic (exact) mass is 521 g/mol. The molecule has 0 unspecified atom stereocenters. The number of benzene rings is 1. The number of carbonyl (C=O) groups excluding carboxylic acids is 1. The van der Waals surface area contributed by atoms with Crippen LogP contribution in [-0.4, -0.2) is 23.0 Å². The van der Waals surface area contributed by atoms with E-state index in [4.69, 9.17) is 8.85 Å². The van der Waals surface area contributed by atoms with E-state index in [0.29, 0.717) is 6.54 Å². The topological polar surface area (TPSA) is 47.6 Å². The Labute approximate surface area is 181 Å². The highest BCUT2D eigenvalue weighted by Crippen LogP contribution is 2.44. The van der Waals surface area contributed by atoms with E-state index < -0.39 is 16.6 Å². The standard InChI is InChI=1S/C20H36INO3Si2/c1-19(2,3)26(7,8)24-17-11-15(13-22-14-23)16(21)12-18(17)25-27(9,10)20(4,5)6/h11-12,14H,13H2,1-10H3,(H,22,23). The average molecular weight is 522 g/mol. The van der Waals surface area contributed by atoms with Gasteiger partial charge in [-0.15, -0.1) is 0 Å². The second-order valence-corrected chi connectivity index (χ2v) is 20.7. The molecule has 1 N–H and O–H groups in total. The van der Waals surface area contributed by atoms with Crippen molar-refractivity contribution in [2.75, 3.05) is 0 Å². The maximum Gasteiger partial charge on any atom is 0.250 e. The summed E-state index contributed by atoms with van der Waals surface area (Å²) in [5, 5.41) is 2.95.